The van der Waals surface area contributed by atoms with E-state index in [1.54, 1.807) is 0 Å². The van der Waals surface area contributed by atoms with Crippen molar-refractivity contribution in [3.63, 3.8) is 0 Å². The van der Waals surface area contributed by atoms with Crippen molar-refractivity contribution in [3.05, 3.63) is 76.9 Å². The molecule has 4 rings (SSSR count). The zero-order valence-electron chi connectivity index (χ0n) is 12.4. The van der Waals surface area contributed by atoms with Crippen molar-refractivity contribution in [1.29, 1.82) is 0 Å². The number of Topliss-reactive ketones (excluding diaryl/α,β-unsaturated/α-hetero) is 1. The molecule has 23 heavy (non-hydrogen) atoms. The zero-order valence-corrected chi connectivity index (χ0v) is 12.4. The van der Waals surface area contributed by atoms with Crippen molar-refractivity contribution in [2.45, 2.75) is 19.3 Å². The van der Waals surface area contributed by atoms with Gasteiger partial charge in [-0.1, -0.05) is 0 Å². The molecule has 0 spiro atoms. The van der Waals surface area contributed by atoms with Gasteiger partial charge < -0.3 is 4.40 Å². The number of hydrogen-bond acceptors (Lipinski definition) is 2. The number of nitrogens with zero attached hydrogens (tertiary/aromatic N) is 1. The number of benzene rings is 1. The monoisotopic (exact) mass is 307 g/mol. The zero-order chi connectivity index (χ0) is 16.0. The fourth-order valence-corrected chi connectivity index (χ4v) is 3.27. The Morgan fingerprint density at radius 3 is 2.65 bits per heavy atom. The maximum Gasteiger partial charge on any atom is 0.210 e. The molecule has 114 valence electrons. The molecule has 1 aliphatic rings. The molecule has 0 saturated heterocycles. The lowest BCUT2D eigenvalue weighted by Crippen LogP contribution is -2.19. The van der Waals surface area contributed by atoms with Gasteiger partial charge in [0.15, 0.2) is 5.78 Å². The fourth-order valence-electron chi connectivity index (χ4n) is 3.27. The van der Waals surface area contributed by atoms with E-state index in [4.69, 9.17) is 0 Å². The third-order valence-electron chi connectivity index (χ3n) is 4.38. The molecule has 0 radical (unpaired) electrons. The molecule has 0 aliphatic heterocycles. The molecule has 0 fully saturated rings. The van der Waals surface area contributed by atoms with E-state index in [2.05, 4.69) is 0 Å². The minimum absolute atomic E-state index is 0.0862. The smallest absolute Gasteiger partial charge is 0.210 e. The van der Waals surface area contributed by atoms with Crippen LogP contribution in [-0.2, 0) is 6.42 Å². The van der Waals surface area contributed by atoms with E-state index in [0.717, 1.165) is 17.5 Å². The molecule has 3 nitrogen and oxygen atoms in total. The van der Waals surface area contributed by atoms with Crippen LogP contribution in [-0.4, -0.2) is 16.0 Å². The van der Waals surface area contributed by atoms with Gasteiger partial charge in [0.2, 0.25) is 5.78 Å². The normalized spacial score (nSPS) is 14.0. The highest BCUT2D eigenvalue weighted by molar-refractivity contribution is 6.12. The van der Waals surface area contributed by atoms with Crippen LogP contribution in [0.15, 0.2) is 48.7 Å². The molecule has 1 aliphatic carbocycles. The second-order valence-corrected chi connectivity index (χ2v) is 5.80. The second-order valence-electron chi connectivity index (χ2n) is 5.80. The quantitative estimate of drug-likeness (QED) is 0.675. The summed E-state index contributed by atoms with van der Waals surface area (Å²) in [6, 6.07) is 11.1. The maximum absolute atomic E-state index is 13.1. The number of hydrogen-bond donors (Lipinski definition) is 0. The minimum atomic E-state index is -0.377. The first-order valence-corrected chi connectivity index (χ1v) is 7.61. The first kappa shape index (κ1) is 13.9. The highest BCUT2D eigenvalue weighted by atomic mass is 19.1. The van der Waals surface area contributed by atoms with E-state index in [0.29, 0.717) is 29.7 Å². The Morgan fingerprint density at radius 1 is 1.09 bits per heavy atom. The standard InChI is InChI=1S/C19H14FNO2/c20-13-8-6-12(7-9-13)19(23)18-15-4-1-5-17(22)16(15)11-14-3-2-10-21(14)18/h2-3,6-11H,1,4-5H2. The molecular formula is C19H14FNO2. The summed E-state index contributed by atoms with van der Waals surface area (Å²) < 4.78 is 14.9. The van der Waals surface area contributed by atoms with Crippen molar-refractivity contribution >= 4 is 17.1 Å². The topological polar surface area (TPSA) is 38.5 Å². The Bertz CT molecular complexity index is 938. The molecule has 1 aromatic carbocycles. The van der Waals surface area contributed by atoms with Crippen molar-refractivity contribution in [1.82, 2.24) is 4.40 Å². The Hall–Kier alpha value is -2.75. The van der Waals surface area contributed by atoms with Gasteiger partial charge in [-0.15, -0.1) is 0 Å². The van der Waals surface area contributed by atoms with Gasteiger partial charge in [0.1, 0.15) is 5.82 Å². The number of aromatic nitrogens is 1. The van der Waals surface area contributed by atoms with Gasteiger partial charge in [-0.25, -0.2) is 4.39 Å². The Labute approximate surface area is 132 Å². The van der Waals surface area contributed by atoms with Crippen LogP contribution in [0.3, 0.4) is 0 Å². The number of rotatable bonds is 2. The first-order chi connectivity index (χ1) is 11.1. The summed E-state index contributed by atoms with van der Waals surface area (Å²) >= 11 is 0. The van der Waals surface area contributed by atoms with Crippen LogP contribution in [0.5, 0.6) is 0 Å². The summed E-state index contributed by atoms with van der Waals surface area (Å²) in [5.74, 6) is -0.473. The molecule has 0 atom stereocenters. The van der Waals surface area contributed by atoms with Gasteiger partial charge in [-0.05, 0) is 60.9 Å². The summed E-state index contributed by atoms with van der Waals surface area (Å²) in [6.45, 7) is 0. The average Bonchev–Trinajstić information content (AvgIpc) is 3.01. The summed E-state index contributed by atoms with van der Waals surface area (Å²) in [5, 5.41) is 0. The number of ketones is 2. The highest BCUT2D eigenvalue weighted by Crippen LogP contribution is 2.28. The molecule has 2 heterocycles. The van der Waals surface area contributed by atoms with E-state index >= 15 is 0 Å². The highest BCUT2D eigenvalue weighted by Gasteiger charge is 2.26. The first-order valence-electron chi connectivity index (χ1n) is 7.61. The van der Waals surface area contributed by atoms with Crippen LogP contribution in [0.4, 0.5) is 4.39 Å². The van der Waals surface area contributed by atoms with Gasteiger partial charge in [0.25, 0.3) is 0 Å². The van der Waals surface area contributed by atoms with Crippen LogP contribution in [0.25, 0.3) is 5.52 Å². The minimum Gasteiger partial charge on any atom is -0.313 e. The third kappa shape index (κ3) is 2.18. The number of carbonyl (C=O) groups is 2. The Balaban J connectivity index is 1.98. The molecular weight excluding hydrogens is 293 g/mol. The van der Waals surface area contributed by atoms with E-state index in [9.17, 15) is 14.0 Å². The largest absolute Gasteiger partial charge is 0.313 e. The molecule has 0 amide bonds. The molecule has 2 aromatic heterocycles. The number of fused-ring (bicyclic) bond motifs is 2. The van der Waals surface area contributed by atoms with Crippen LogP contribution in [0.2, 0.25) is 0 Å². The van der Waals surface area contributed by atoms with Gasteiger partial charge >= 0.3 is 0 Å². The third-order valence-corrected chi connectivity index (χ3v) is 4.38. The summed E-state index contributed by atoms with van der Waals surface area (Å²) in [5.41, 5.74) is 3.21. The number of carbonyl (C=O) groups excluding carboxylic acids is 2. The summed E-state index contributed by atoms with van der Waals surface area (Å²) in [6.07, 6.45) is 3.80. The lowest BCUT2D eigenvalue weighted by Gasteiger charge is -2.20. The van der Waals surface area contributed by atoms with E-state index in [-0.39, 0.29) is 17.4 Å². The van der Waals surface area contributed by atoms with Crippen LogP contribution < -0.4 is 0 Å². The van der Waals surface area contributed by atoms with Crippen molar-refractivity contribution in [2.24, 2.45) is 0 Å². The SMILES string of the molecule is O=C1CCCc2c1cc1cccn1c2C(=O)c1ccc(F)cc1. The second kappa shape index (κ2) is 5.16. The van der Waals surface area contributed by atoms with Crippen molar-refractivity contribution < 1.29 is 14.0 Å². The van der Waals surface area contributed by atoms with Crippen molar-refractivity contribution in [2.75, 3.05) is 0 Å². The Morgan fingerprint density at radius 2 is 1.87 bits per heavy atom. The van der Waals surface area contributed by atoms with Crippen LogP contribution in [0.1, 0.15) is 44.8 Å². The molecule has 4 heteroatoms. The predicted octanol–water partition coefficient (Wildman–Crippen LogP) is 3.83. The maximum atomic E-state index is 13.1. The number of halogens is 1. The summed E-state index contributed by atoms with van der Waals surface area (Å²) in [7, 11) is 0. The molecule has 0 unspecified atom stereocenters. The Kier molecular flexibility index (Phi) is 3.11. The van der Waals surface area contributed by atoms with Crippen LogP contribution in [0, 0.1) is 5.82 Å². The lowest BCUT2D eigenvalue weighted by atomic mass is 9.87. The van der Waals surface area contributed by atoms with Crippen molar-refractivity contribution in [3.8, 4) is 0 Å². The van der Waals surface area contributed by atoms with E-state index in [1.165, 1.54) is 24.3 Å². The summed E-state index contributed by atoms with van der Waals surface area (Å²) in [4.78, 5) is 25.2. The molecule has 0 N–H and O–H groups in total. The fraction of sp³-hybridized carbons (Fsp3) is 0.158. The van der Waals surface area contributed by atoms with Crippen LogP contribution >= 0.6 is 0 Å². The molecule has 0 saturated carbocycles. The molecule has 3 aromatic rings. The van der Waals surface area contributed by atoms with Gasteiger partial charge in [-0.3, -0.25) is 9.59 Å². The van der Waals surface area contributed by atoms with Gasteiger partial charge in [0, 0.05) is 29.3 Å². The van der Waals surface area contributed by atoms with E-state index in [1.807, 2.05) is 28.8 Å². The average molecular weight is 307 g/mol. The number of pyridine rings is 1. The predicted molar refractivity (Wildman–Crippen MR) is 84.5 cm³/mol. The van der Waals surface area contributed by atoms with Gasteiger partial charge in [0.05, 0.1) is 5.69 Å². The van der Waals surface area contributed by atoms with Gasteiger partial charge in [-0.2, -0.15) is 0 Å². The van der Waals surface area contributed by atoms with E-state index < -0.39 is 0 Å². The molecule has 0 bridgehead atoms. The lowest BCUT2D eigenvalue weighted by molar-refractivity contribution is 0.0972.